The zero-order valence-corrected chi connectivity index (χ0v) is 12.2. The quantitative estimate of drug-likeness (QED) is 0.807. The van der Waals surface area contributed by atoms with Gasteiger partial charge in [0, 0.05) is 10.1 Å². The Kier molecular flexibility index (Phi) is 5.06. The highest BCUT2D eigenvalue weighted by molar-refractivity contribution is 8.00. The van der Waals surface area contributed by atoms with Gasteiger partial charge < -0.3 is 5.11 Å². The van der Waals surface area contributed by atoms with Crippen LogP contribution in [0.3, 0.4) is 0 Å². The van der Waals surface area contributed by atoms with Crippen molar-refractivity contribution in [1.82, 2.24) is 0 Å². The van der Waals surface area contributed by atoms with Gasteiger partial charge in [0.2, 0.25) is 0 Å². The predicted molar refractivity (Wildman–Crippen MR) is 82.3 cm³/mol. The molecule has 0 heterocycles. The highest BCUT2D eigenvalue weighted by Gasteiger charge is 2.24. The van der Waals surface area contributed by atoms with Crippen molar-refractivity contribution in [2.75, 3.05) is 0 Å². The average molecular weight is 272 g/mol. The fraction of sp³-hybridized carbons (Fsp3) is 0.294. The van der Waals surface area contributed by atoms with Crippen LogP contribution in [0.5, 0.6) is 0 Å². The Balaban J connectivity index is 2.17. The van der Waals surface area contributed by atoms with E-state index in [0.29, 0.717) is 5.92 Å². The minimum atomic E-state index is -0.439. The minimum Gasteiger partial charge on any atom is -0.387 e. The third-order valence-corrected chi connectivity index (χ3v) is 4.74. The third kappa shape index (κ3) is 3.85. The summed E-state index contributed by atoms with van der Waals surface area (Å²) in [5.74, 6) is 0.403. The lowest BCUT2D eigenvalue weighted by atomic mass is 9.99. The monoisotopic (exact) mass is 272 g/mol. The summed E-state index contributed by atoms with van der Waals surface area (Å²) in [6.45, 7) is 4.32. The van der Waals surface area contributed by atoms with E-state index >= 15 is 0 Å². The third-order valence-electron chi connectivity index (χ3n) is 3.12. The molecule has 0 unspecified atom stereocenters. The summed E-state index contributed by atoms with van der Waals surface area (Å²) >= 11 is 1.75. The number of hydrogen-bond acceptors (Lipinski definition) is 2. The number of benzene rings is 2. The molecular weight excluding hydrogens is 252 g/mol. The SMILES string of the molecule is CC(C)[C@@H](Sc1ccccc1)[C@@H](O)c1ccccc1. The van der Waals surface area contributed by atoms with Gasteiger partial charge in [-0.2, -0.15) is 0 Å². The van der Waals surface area contributed by atoms with Crippen LogP contribution in [0.25, 0.3) is 0 Å². The van der Waals surface area contributed by atoms with Crippen molar-refractivity contribution < 1.29 is 5.11 Å². The maximum Gasteiger partial charge on any atom is 0.0914 e. The molecule has 2 heteroatoms. The molecule has 19 heavy (non-hydrogen) atoms. The summed E-state index contributed by atoms with van der Waals surface area (Å²) in [6.07, 6.45) is -0.439. The van der Waals surface area contributed by atoms with Crippen molar-refractivity contribution in [2.24, 2.45) is 5.92 Å². The Morgan fingerprint density at radius 3 is 1.89 bits per heavy atom. The van der Waals surface area contributed by atoms with Gasteiger partial charge in [-0.25, -0.2) is 0 Å². The van der Waals surface area contributed by atoms with Crippen molar-refractivity contribution in [3.8, 4) is 0 Å². The summed E-state index contributed by atoms with van der Waals surface area (Å²) in [5, 5.41) is 10.7. The van der Waals surface area contributed by atoms with Crippen LogP contribution in [0, 0.1) is 5.92 Å². The van der Waals surface area contributed by atoms with Gasteiger partial charge in [0.25, 0.3) is 0 Å². The largest absolute Gasteiger partial charge is 0.387 e. The summed E-state index contributed by atoms with van der Waals surface area (Å²) in [6, 6.07) is 20.2. The van der Waals surface area contributed by atoms with Crippen LogP contribution in [0.2, 0.25) is 0 Å². The molecule has 100 valence electrons. The Bertz CT molecular complexity index is 481. The fourth-order valence-corrected chi connectivity index (χ4v) is 3.25. The molecule has 0 aliphatic rings. The van der Waals surface area contributed by atoms with E-state index < -0.39 is 6.10 Å². The Labute approximate surface area is 119 Å². The Morgan fingerprint density at radius 1 is 0.842 bits per heavy atom. The molecule has 2 atom stereocenters. The summed E-state index contributed by atoms with van der Waals surface area (Å²) < 4.78 is 0. The van der Waals surface area contributed by atoms with Crippen molar-refractivity contribution in [2.45, 2.75) is 30.1 Å². The number of thioether (sulfide) groups is 1. The summed E-state index contributed by atoms with van der Waals surface area (Å²) in [4.78, 5) is 1.20. The molecule has 0 spiro atoms. The molecular formula is C17H20OS. The topological polar surface area (TPSA) is 20.2 Å². The molecule has 0 radical (unpaired) electrons. The van der Waals surface area contributed by atoms with Crippen molar-refractivity contribution in [3.63, 3.8) is 0 Å². The van der Waals surface area contributed by atoms with Crippen LogP contribution < -0.4 is 0 Å². The first-order valence-electron chi connectivity index (χ1n) is 6.63. The minimum absolute atomic E-state index is 0.157. The van der Waals surface area contributed by atoms with Gasteiger partial charge in [-0.05, 0) is 23.6 Å². The number of aliphatic hydroxyl groups is 1. The second-order valence-electron chi connectivity index (χ2n) is 5.00. The average Bonchev–Trinajstić information content (AvgIpc) is 2.46. The first kappa shape index (κ1) is 14.2. The lowest BCUT2D eigenvalue weighted by Crippen LogP contribution is -2.21. The fourth-order valence-electron chi connectivity index (χ4n) is 2.06. The maximum atomic E-state index is 10.6. The highest BCUT2D eigenvalue weighted by atomic mass is 32.2. The second-order valence-corrected chi connectivity index (χ2v) is 6.25. The molecule has 1 N–H and O–H groups in total. The van der Waals surface area contributed by atoms with Crippen LogP contribution in [0.4, 0.5) is 0 Å². The van der Waals surface area contributed by atoms with Gasteiger partial charge in [-0.3, -0.25) is 0 Å². The van der Waals surface area contributed by atoms with Crippen molar-refractivity contribution >= 4 is 11.8 Å². The molecule has 1 nitrogen and oxygen atoms in total. The standard InChI is InChI=1S/C17H20OS/c1-13(2)17(19-15-11-7-4-8-12-15)16(18)14-9-5-3-6-10-14/h3-13,16-18H,1-2H3/t16-,17+/m0/s1. The molecule has 2 aromatic rings. The Morgan fingerprint density at radius 2 is 1.37 bits per heavy atom. The number of aliphatic hydroxyl groups excluding tert-OH is 1. The Hall–Kier alpha value is -1.25. The zero-order valence-electron chi connectivity index (χ0n) is 11.4. The summed E-state index contributed by atoms with van der Waals surface area (Å²) in [7, 11) is 0. The lowest BCUT2D eigenvalue weighted by Gasteiger charge is -2.26. The molecule has 0 aliphatic carbocycles. The van der Waals surface area contributed by atoms with E-state index in [2.05, 4.69) is 26.0 Å². The van der Waals surface area contributed by atoms with Gasteiger partial charge >= 0.3 is 0 Å². The van der Waals surface area contributed by atoms with Crippen molar-refractivity contribution in [3.05, 3.63) is 66.2 Å². The van der Waals surface area contributed by atoms with Gasteiger partial charge in [0.05, 0.1) is 6.10 Å². The number of hydrogen-bond donors (Lipinski definition) is 1. The molecule has 0 saturated carbocycles. The first-order valence-corrected chi connectivity index (χ1v) is 7.51. The summed E-state index contributed by atoms with van der Waals surface area (Å²) in [5.41, 5.74) is 0.990. The molecule has 0 aromatic heterocycles. The van der Waals surface area contributed by atoms with E-state index in [9.17, 15) is 5.11 Å². The van der Waals surface area contributed by atoms with E-state index in [1.807, 2.05) is 48.5 Å². The van der Waals surface area contributed by atoms with E-state index in [-0.39, 0.29) is 5.25 Å². The van der Waals surface area contributed by atoms with E-state index in [4.69, 9.17) is 0 Å². The molecule has 0 amide bonds. The highest BCUT2D eigenvalue weighted by Crippen LogP contribution is 2.36. The number of rotatable bonds is 5. The molecule has 0 bridgehead atoms. The van der Waals surface area contributed by atoms with Crippen LogP contribution in [-0.2, 0) is 0 Å². The molecule has 2 rings (SSSR count). The molecule has 0 fully saturated rings. The zero-order chi connectivity index (χ0) is 13.7. The van der Waals surface area contributed by atoms with Crippen LogP contribution in [0.15, 0.2) is 65.6 Å². The first-order chi connectivity index (χ1) is 9.18. The smallest absolute Gasteiger partial charge is 0.0914 e. The van der Waals surface area contributed by atoms with E-state index in [0.717, 1.165) is 5.56 Å². The second kappa shape index (κ2) is 6.78. The van der Waals surface area contributed by atoms with Gasteiger partial charge in [0.15, 0.2) is 0 Å². The normalized spacial score (nSPS) is 14.3. The maximum absolute atomic E-state index is 10.6. The van der Waals surface area contributed by atoms with Gasteiger partial charge in [0.1, 0.15) is 0 Å². The molecule has 0 saturated heterocycles. The lowest BCUT2D eigenvalue weighted by molar-refractivity contribution is 0.158. The van der Waals surface area contributed by atoms with Crippen molar-refractivity contribution in [1.29, 1.82) is 0 Å². The van der Waals surface area contributed by atoms with Crippen LogP contribution >= 0.6 is 11.8 Å². The molecule has 2 aromatic carbocycles. The predicted octanol–water partition coefficient (Wildman–Crippen LogP) is 4.54. The van der Waals surface area contributed by atoms with Gasteiger partial charge in [-0.1, -0.05) is 62.4 Å². The van der Waals surface area contributed by atoms with E-state index in [1.54, 1.807) is 11.8 Å². The van der Waals surface area contributed by atoms with Gasteiger partial charge in [-0.15, -0.1) is 11.8 Å². The van der Waals surface area contributed by atoms with E-state index in [1.165, 1.54) is 4.90 Å². The van der Waals surface area contributed by atoms with Crippen LogP contribution in [0.1, 0.15) is 25.5 Å². The molecule has 0 aliphatic heterocycles. The van der Waals surface area contributed by atoms with Crippen LogP contribution in [-0.4, -0.2) is 10.4 Å².